The summed E-state index contributed by atoms with van der Waals surface area (Å²) in [5, 5.41) is 23.1. The van der Waals surface area contributed by atoms with E-state index < -0.39 is 29.6 Å². The highest BCUT2D eigenvalue weighted by Gasteiger charge is 2.34. The van der Waals surface area contributed by atoms with E-state index in [1.54, 1.807) is 0 Å². The average molecular weight is 533 g/mol. The molecule has 2 aromatic heterocycles. The van der Waals surface area contributed by atoms with E-state index in [9.17, 15) is 18.0 Å². The lowest BCUT2D eigenvalue weighted by Crippen LogP contribution is -2.48. The molecule has 1 amide bonds. The minimum Gasteiger partial charge on any atom is -0.473 e. The van der Waals surface area contributed by atoms with Crippen LogP contribution in [0.15, 0.2) is 40.2 Å². The van der Waals surface area contributed by atoms with E-state index >= 15 is 0 Å². The Balaban J connectivity index is 0.000000509. The summed E-state index contributed by atoms with van der Waals surface area (Å²) in [7, 11) is 0. The SMILES string of the molecule is O=C(CN1CC(c2nc(-c3cccs3)no2)C1)Nc1cc(C(F)(F)F)ccc1Cl.O=C(O)C(=O)O. The number of carbonyl (C=O) groups excluding carboxylic acids is 1. The molecule has 0 bridgehead atoms. The molecular formula is C20H16ClF3N4O6S. The summed E-state index contributed by atoms with van der Waals surface area (Å²) in [6, 6.07) is 6.60. The molecule has 35 heavy (non-hydrogen) atoms. The van der Waals surface area contributed by atoms with Gasteiger partial charge >= 0.3 is 18.1 Å². The normalized spacial score (nSPS) is 13.9. The summed E-state index contributed by atoms with van der Waals surface area (Å²) in [5.74, 6) is -3.04. The van der Waals surface area contributed by atoms with Gasteiger partial charge in [0.25, 0.3) is 0 Å². The number of thiophene rings is 1. The van der Waals surface area contributed by atoms with Gasteiger partial charge in [-0.25, -0.2) is 9.59 Å². The van der Waals surface area contributed by atoms with Crippen LogP contribution in [0.2, 0.25) is 5.02 Å². The molecule has 0 radical (unpaired) electrons. The number of carbonyl (C=O) groups is 3. The highest BCUT2D eigenvalue weighted by Crippen LogP contribution is 2.34. The van der Waals surface area contributed by atoms with Crippen LogP contribution in [-0.4, -0.2) is 62.7 Å². The van der Waals surface area contributed by atoms with Crippen LogP contribution in [0.3, 0.4) is 0 Å². The average Bonchev–Trinajstić information content (AvgIpc) is 3.43. The van der Waals surface area contributed by atoms with Gasteiger partial charge in [0.1, 0.15) is 0 Å². The number of benzene rings is 1. The summed E-state index contributed by atoms with van der Waals surface area (Å²) in [6.07, 6.45) is -4.51. The van der Waals surface area contributed by atoms with Crippen molar-refractivity contribution in [1.29, 1.82) is 0 Å². The van der Waals surface area contributed by atoms with Crippen molar-refractivity contribution in [2.24, 2.45) is 0 Å². The Morgan fingerprint density at radius 2 is 1.89 bits per heavy atom. The van der Waals surface area contributed by atoms with Gasteiger partial charge in [-0.2, -0.15) is 18.2 Å². The van der Waals surface area contributed by atoms with Crippen molar-refractivity contribution in [3.8, 4) is 10.7 Å². The van der Waals surface area contributed by atoms with Gasteiger partial charge in [0, 0.05) is 13.1 Å². The predicted octanol–water partition coefficient (Wildman–Crippen LogP) is 3.66. The number of alkyl halides is 3. The van der Waals surface area contributed by atoms with E-state index in [1.165, 1.54) is 11.3 Å². The molecule has 0 aliphatic carbocycles. The highest BCUT2D eigenvalue weighted by atomic mass is 35.5. The third-order valence-corrected chi connectivity index (χ3v) is 5.80. The summed E-state index contributed by atoms with van der Waals surface area (Å²) in [6.45, 7) is 1.10. The van der Waals surface area contributed by atoms with Gasteiger partial charge in [0.2, 0.25) is 17.6 Å². The number of likely N-dealkylation sites (tertiary alicyclic amines) is 1. The predicted molar refractivity (Wildman–Crippen MR) is 117 cm³/mol. The lowest BCUT2D eigenvalue weighted by molar-refractivity contribution is -0.159. The van der Waals surface area contributed by atoms with Crippen molar-refractivity contribution in [1.82, 2.24) is 15.0 Å². The quantitative estimate of drug-likeness (QED) is 0.419. The van der Waals surface area contributed by atoms with Crippen molar-refractivity contribution < 1.29 is 42.3 Å². The van der Waals surface area contributed by atoms with E-state index in [1.807, 2.05) is 22.4 Å². The molecule has 0 unspecified atom stereocenters. The molecule has 0 atom stereocenters. The maximum absolute atomic E-state index is 12.8. The minimum atomic E-state index is -4.51. The van der Waals surface area contributed by atoms with Crippen LogP contribution >= 0.6 is 22.9 Å². The van der Waals surface area contributed by atoms with Gasteiger partial charge in [-0.05, 0) is 29.6 Å². The smallest absolute Gasteiger partial charge is 0.416 e. The number of aliphatic carboxylic acids is 2. The third-order valence-electron chi connectivity index (χ3n) is 4.61. The van der Waals surface area contributed by atoms with Crippen LogP contribution < -0.4 is 5.32 Å². The van der Waals surface area contributed by atoms with Crippen molar-refractivity contribution in [3.63, 3.8) is 0 Å². The maximum atomic E-state index is 12.8. The molecule has 186 valence electrons. The molecule has 3 aromatic rings. The topological polar surface area (TPSA) is 146 Å². The number of hydrogen-bond donors (Lipinski definition) is 3. The van der Waals surface area contributed by atoms with Crippen LogP contribution in [0, 0.1) is 0 Å². The molecule has 1 aliphatic heterocycles. The summed E-state index contributed by atoms with van der Waals surface area (Å²) >= 11 is 7.41. The van der Waals surface area contributed by atoms with Gasteiger partial charge in [0.05, 0.1) is 33.6 Å². The zero-order valence-electron chi connectivity index (χ0n) is 17.5. The van der Waals surface area contributed by atoms with Crippen molar-refractivity contribution in [3.05, 3.63) is 52.2 Å². The number of aromatic nitrogens is 2. The summed E-state index contributed by atoms with van der Waals surface area (Å²) in [5.41, 5.74) is -0.944. The highest BCUT2D eigenvalue weighted by molar-refractivity contribution is 7.13. The van der Waals surface area contributed by atoms with Gasteiger partial charge < -0.3 is 20.1 Å². The fraction of sp³-hybridized carbons (Fsp3) is 0.250. The van der Waals surface area contributed by atoms with E-state index in [-0.39, 0.29) is 23.2 Å². The number of amides is 1. The Morgan fingerprint density at radius 3 is 2.46 bits per heavy atom. The van der Waals surface area contributed by atoms with Crippen LogP contribution in [0.1, 0.15) is 17.4 Å². The van der Waals surface area contributed by atoms with Crippen molar-refractivity contribution >= 4 is 46.5 Å². The summed E-state index contributed by atoms with van der Waals surface area (Å²) < 4.78 is 43.8. The molecule has 4 rings (SSSR count). The van der Waals surface area contributed by atoms with E-state index in [0.717, 1.165) is 23.1 Å². The molecule has 0 saturated carbocycles. The van der Waals surface area contributed by atoms with Crippen LogP contribution in [0.25, 0.3) is 10.7 Å². The van der Waals surface area contributed by atoms with E-state index in [0.29, 0.717) is 24.8 Å². The molecule has 3 heterocycles. The lowest BCUT2D eigenvalue weighted by atomic mass is 10.0. The Bertz CT molecular complexity index is 1200. The second kappa shape index (κ2) is 10.8. The largest absolute Gasteiger partial charge is 0.473 e. The molecule has 1 aromatic carbocycles. The number of nitrogens with zero attached hydrogens (tertiary/aromatic N) is 3. The van der Waals surface area contributed by atoms with Gasteiger partial charge in [-0.1, -0.05) is 22.8 Å². The number of carboxylic acids is 2. The molecule has 1 fully saturated rings. The number of hydrogen-bond acceptors (Lipinski definition) is 8. The molecule has 15 heteroatoms. The summed E-state index contributed by atoms with van der Waals surface area (Å²) in [4.78, 5) is 37.5. The van der Waals surface area contributed by atoms with E-state index in [2.05, 4.69) is 15.5 Å². The molecule has 3 N–H and O–H groups in total. The fourth-order valence-corrected chi connectivity index (χ4v) is 3.77. The third kappa shape index (κ3) is 7.00. The van der Waals surface area contributed by atoms with Crippen molar-refractivity contribution in [2.75, 3.05) is 25.0 Å². The maximum Gasteiger partial charge on any atom is 0.416 e. The Labute approximate surface area is 203 Å². The Kier molecular flexibility index (Phi) is 8.09. The lowest BCUT2D eigenvalue weighted by Gasteiger charge is -2.36. The van der Waals surface area contributed by atoms with E-state index in [4.69, 9.17) is 35.9 Å². The van der Waals surface area contributed by atoms with Gasteiger partial charge in [0.15, 0.2) is 0 Å². The van der Waals surface area contributed by atoms with Gasteiger partial charge in [-0.15, -0.1) is 11.3 Å². The first-order valence-corrected chi connectivity index (χ1v) is 10.9. The zero-order valence-corrected chi connectivity index (χ0v) is 19.0. The molecule has 0 spiro atoms. The molecule has 1 aliphatic rings. The number of anilines is 1. The van der Waals surface area contributed by atoms with Crippen LogP contribution in [-0.2, 0) is 20.6 Å². The molecule has 1 saturated heterocycles. The van der Waals surface area contributed by atoms with Crippen LogP contribution in [0.5, 0.6) is 0 Å². The molecular weight excluding hydrogens is 517 g/mol. The second-order valence-corrected chi connectivity index (χ2v) is 8.53. The monoisotopic (exact) mass is 532 g/mol. The number of rotatable bonds is 5. The standard InChI is InChI=1S/C18H14ClF3N4O2S.C2H2O4/c19-12-4-3-11(18(20,21)22)6-13(12)23-15(27)9-26-7-10(8-26)17-24-16(25-28-17)14-2-1-5-29-14;3-1(4)2(5)6/h1-6,10H,7-9H2,(H,23,27);(H,3,4)(H,5,6). The number of halogens is 4. The van der Waals surface area contributed by atoms with Crippen LogP contribution in [0.4, 0.5) is 18.9 Å². The first-order valence-electron chi connectivity index (χ1n) is 9.66. The first-order chi connectivity index (χ1) is 16.4. The second-order valence-electron chi connectivity index (χ2n) is 7.18. The minimum absolute atomic E-state index is 0.0150. The molecule has 10 nitrogen and oxygen atoms in total. The number of nitrogens with one attached hydrogen (secondary N) is 1. The zero-order chi connectivity index (χ0) is 25.8. The van der Waals surface area contributed by atoms with Gasteiger partial charge in [-0.3, -0.25) is 9.69 Å². The first kappa shape index (κ1) is 26.1. The number of carboxylic acid groups (broad SMARTS) is 2. The van der Waals surface area contributed by atoms with Crippen molar-refractivity contribution in [2.45, 2.75) is 12.1 Å². The fourth-order valence-electron chi connectivity index (χ4n) is 2.95. The Hall–Kier alpha value is -3.49. The Morgan fingerprint density at radius 1 is 1.20 bits per heavy atom.